The van der Waals surface area contributed by atoms with E-state index in [1.165, 1.54) is 0 Å². The predicted octanol–water partition coefficient (Wildman–Crippen LogP) is 26.7. The molecule has 0 aliphatic carbocycles. The number of rotatable bonds is 9. The van der Waals surface area contributed by atoms with Gasteiger partial charge in [-0.1, -0.05) is 290 Å². The molecule has 0 bridgehead atoms. The molecule has 18 aromatic rings. The van der Waals surface area contributed by atoms with Gasteiger partial charge in [-0.05, 0) is 265 Å². The van der Waals surface area contributed by atoms with Crippen LogP contribution >= 0.6 is 0 Å². The summed E-state index contributed by atoms with van der Waals surface area (Å²) in [6, 6.07) is 103. The molecule has 0 amide bonds. The standard InChI is InChI=1S/C110H78O4/c1-67-81(59-63-93-85-27-11-19-35-97(85)107(98-36-20-12-28-86(93)98)73-43-51-77(111-7)52-44-73)69(3)105(70(4)82(67)60-64-94-87-29-13-21-37-99(87)108(100-38-22-14-30-88(94)100)74-45-53-78(112-8)54-46-74)106-71(5)83(61-65-95-89-31-15-23-39-101(89)109(102-40-24-16-32-90(95)102)75-47-55-79(113-9)56-48-75)68(2)84(72(106)6)62-66-96-91-33-17-25-41-103(91)110(104-42-26-18-34-92(96)104)76-49-57-80(114-10)58-50-76/h11-58H,1-10H3. The van der Waals surface area contributed by atoms with Gasteiger partial charge in [0.1, 0.15) is 23.0 Å². The van der Waals surface area contributed by atoms with Crippen molar-refractivity contribution >= 4 is 86.2 Å². The van der Waals surface area contributed by atoms with Crippen LogP contribution in [0.1, 0.15) is 77.9 Å². The molecule has 4 heteroatoms. The quantitative estimate of drug-likeness (QED) is 0.107. The maximum Gasteiger partial charge on any atom is 0.118 e. The first-order valence-corrected chi connectivity index (χ1v) is 38.6. The van der Waals surface area contributed by atoms with E-state index >= 15 is 0 Å². The maximum atomic E-state index is 5.67. The minimum atomic E-state index is 0.806. The molecule has 0 heterocycles. The fraction of sp³-hybridized carbons (Fsp3) is 0.0909. The Balaban J connectivity index is 0.930. The molecule has 0 saturated carbocycles. The number of methoxy groups -OCH3 is 4. The molecule has 0 unspecified atom stereocenters. The molecule has 114 heavy (non-hydrogen) atoms. The first-order chi connectivity index (χ1) is 55.9. The lowest BCUT2D eigenvalue weighted by Crippen LogP contribution is -2.07. The van der Waals surface area contributed by atoms with E-state index in [4.69, 9.17) is 18.9 Å². The SMILES string of the molecule is COc1ccc(-c2c3ccccc3c(C#Cc3c(C)c(C#Cc4c5ccccc5c(-c5ccc(OC)cc5)c5ccccc45)c(C)c(-c4c(C)c(C#Cc5c6ccccc6c(-c6ccc(OC)cc6)c6ccccc56)c(C)c(C#Cc5c6ccccc6c(-c6ccc(OC)cc6)c6ccccc56)c4C)c3C)c3ccccc23)cc1. The van der Waals surface area contributed by atoms with Crippen molar-refractivity contribution in [3.05, 3.63) is 369 Å². The molecule has 0 atom stereocenters. The van der Waals surface area contributed by atoms with Crippen LogP contribution in [0.25, 0.3) is 142 Å². The van der Waals surface area contributed by atoms with Gasteiger partial charge in [0.05, 0.1) is 28.4 Å². The molecular weight excluding hydrogens is 1390 g/mol. The third-order valence-electron chi connectivity index (χ3n) is 23.2. The molecule has 18 aromatic carbocycles. The Kier molecular flexibility index (Phi) is 18.5. The summed E-state index contributed by atoms with van der Waals surface area (Å²) in [4.78, 5) is 0. The van der Waals surface area contributed by atoms with Gasteiger partial charge in [-0.3, -0.25) is 0 Å². The molecule has 0 radical (unpaired) electrons. The Morgan fingerprint density at radius 2 is 0.289 bits per heavy atom. The van der Waals surface area contributed by atoms with E-state index in [-0.39, 0.29) is 0 Å². The van der Waals surface area contributed by atoms with Gasteiger partial charge in [0.15, 0.2) is 0 Å². The van der Waals surface area contributed by atoms with E-state index in [1.54, 1.807) is 28.4 Å². The Hall–Kier alpha value is -14.5. The second-order valence-corrected chi connectivity index (χ2v) is 29.3. The summed E-state index contributed by atoms with van der Waals surface area (Å²) in [5.74, 6) is 35.0. The molecule has 0 spiro atoms. The Labute approximate surface area is 665 Å². The Bertz CT molecular complexity index is 6210. The van der Waals surface area contributed by atoms with E-state index in [9.17, 15) is 0 Å². The number of ether oxygens (including phenoxy) is 4. The third-order valence-corrected chi connectivity index (χ3v) is 23.2. The van der Waals surface area contributed by atoms with Crippen LogP contribution in [0.15, 0.2) is 291 Å². The molecule has 0 aromatic heterocycles. The zero-order chi connectivity index (χ0) is 77.8. The normalized spacial score (nSPS) is 11.1. The van der Waals surface area contributed by atoms with Crippen molar-refractivity contribution in [2.75, 3.05) is 28.4 Å². The van der Waals surface area contributed by atoms with Crippen LogP contribution in [0.5, 0.6) is 23.0 Å². The van der Waals surface area contributed by atoms with Crippen molar-refractivity contribution < 1.29 is 18.9 Å². The van der Waals surface area contributed by atoms with E-state index in [0.717, 1.165) is 243 Å². The highest BCUT2D eigenvalue weighted by Gasteiger charge is 2.26. The Morgan fingerprint density at radius 1 is 0.149 bits per heavy atom. The monoisotopic (exact) mass is 1460 g/mol. The fourth-order valence-electron chi connectivity index (χ4n) is 17.8. The van der Waals surface area contributed by atoms with E-state index in [0.29, 0.717) is 0 Å². The summed E-state index contributed by atoms with van der Waals surface area (Å²) >= 11 is 0. The van der Waals surface area contributed by atoms with Gasteiger partial charge >= 0.3 is 0 Å². The van der Waals surface area contributed by atoms with Crippen LogP contribution in [0, 0.1) is 88.9 Å². The first kappa shape index (κ1) is 71.1. The highest BCUT2D eigenvalue weighted by molar-refractivity contribution is 6.20. The van der Waals surface area contributed by atoms with Crippen molar-refractivity contribution in [2.24, 2.45) is 0 Å². The van der Waals surface area contributed by atoms with Gasteiger partial charge in [-0.15, -0.1) is 0 Å². The molecule has 0 saturated heterocycles. The topological polar surface area (TPSA) is 36.9 Å². The second kappa shape index (κ2) is 29.7. The zero-order valence-electron chi connectivity index (χ0n) is 65.3. The summed E-state index contributed by atoms with van der Waals surface area (Å²) in [6.45, 7) is 13.5. The van der Waals surface area contributed by atoms with E-state index in [1.807, 2.05) is 48.5 Å². The highest BCUT2D eigenvalue weighted by atomic mass is 16.5. The average molecular weight is 1460 g/mol. The predicted molar refractivity (Wildman–Crippen MR) is 478 cm³/mol. The fourth-order valence-corrected chi connectivity index (χ4v) is 17.8. The number of hydrogen-bond acceptors (Lipinski definition) is 4. The lowest BCUT2D eigenvalue weighted by atomic mass is 9.79. The van der Waals surface area contributed by atoms with E-state index in [2.05, 4.69) is 332 Å². The van der Waals surface area contributed by atoms with Crippen LogP contribution in [-0.4, -0.2) is 28.4 Å². The molecule has 0 aliphatic rings. The number of benzene rings is 18. The summed E-state index contributed by atoms with van der Waals surface area (Å²) in [5.41, 5.74) is 24.7. The van der Waals surface area contributed by atoms with Crippen LogP contribution in [0.3, 0.4) is 0 Å². The summed E-state index contributed by atoms with van der Waals surface area (Å²) < 4.78 is 22.7. The minimum Gasteiger partial charge on any atom is -0.497 e. The number of fused-ring (bicyclic) bond motifs is 8. The molecule has 0 fully saturated rings. The highest BCUT2D eigenvalue weighted by Crippen LogP contribution is 2.47. The Morgan fingerprint density at radius 3 is 0.439 bits per heavy atom. The van der Waals surface area contributed by atoms with Gasteiger partial charge in [-0.25, -0.2) is 0 Å². The number of hydrogen-bond donors (Lipinski definition) is 0. The average Bonchev–Trinajstić information content (AvgIpc) is 0.723. The molecule has 0 aliphatic heterocycles. The smallest absolute Gasteiger partial charge is 0.118 e. The third kappa shape index (κ3) is 12.1. The van der Waals surface area contributed by atoms with Gasteiger partial charge in [0.25, 0.3) is 0 Å². The van der Waals surface area contributed by atoms with E-state index < -0.39 is 0 Å². The lowest BCUT2D eigenvalue weighted by molar-refractivity contribution is 0.415. The minimum absolute atomic E-state index is 0.806. The molecule has 4 nitrogen and oxygen atoms in total. The first-order valence-electron chi connectivity index (χ1n) is 38.6. The van der Waals surface area contributed by atoms with Gasteiger partial charge in [-0.2, -0.15) is 0 Å². The summed E-state index contributed by atoms with van der Waals surface area (Å²) in [6.07, 6.45) is 0. The van der Waals surface area contributed by atoms with Gasteiger partial charge in [0.2, 0.25) is 0 Å². The maximum absolute atomic E-state index is 5.67. The van der Waals surface area contributed by atoms with Crippen LogP contribution in [-0.2, 0) is 0 Å². The van der Waals surface area contributed by atoms with Crippen molar-refractivity contribution in [2.45, 2.75) is 41.5 Å². The summed E-state index contributed by atoms with van der Waals surface area (Å²) in [7, 11) is 6.84. The second-order valence-electron chi connectivity index (χ2n) is 29.3. The zero-order valence-corrected chi connectivity index (χ0v) is 65.3. The molecular formula is C110H78O4. The van der Waals surface area contributed by atoms with Crippen molar-refractivity contribution in [1.82, 2.24) is 0 Å². The van der Waals surface area contributed by atoms with Crippen LogP contribution < -0.4 is 18.9 Å². The van der Waals surface area contributed by atoms with Crippen LogP contribution in [0.4, 0.5) is 0 Å². The lowest BCUT2D eigenvalue weighted by Gasteiger charge is -2.24. The molecule has 18 rings (SSSR count). The van der Waals surface area contributed by atoms with Crippen molar-refractivity contribution in [3.8, 4) is 126 Å². The molecule has 542 valence electrons. The van der Waals surface area contributed by atoms with Crippen LogP contribution in [0.2, 0.25) is 0 Å². The molecule has 0 N–H and O–H groups in total. The van der Waals surface area contributed by atoms with Gasteiger partial charge in [0, 0.05) is 44.5 Å². The van der Waals surface area contributed by atoms with Gasteiger partial charge < -0.3 is 18.9 Å². The van der Waals surface area contributed by atoms with Crippen molar-refractivity contribution in [3.63, 3.8) is 0 Å². The summed E-state index contributed by atoms with van der Waals surface area (Å²) in [5, 5.41) is 17.5. The largest absolute Gasteiger partial charge is 0.497 e. The van der Waals surface area contributed by atoms with Crippen molar-refractivity contribution in [1.29, 1.82) is 0 Å².